The number of carbonyl (C=O) groups excluding carboxylic acids is 1. The molecule has 230 valence electrons. The van der Waals surface area contributed by atoms with Gasteiger partial charge in [0.2, 0.25) is 0 Å². The summed E-state index contributed by atoms with van der Waals surface area (Å²) >= 11 is 13.6. The van der Waals surface area contributed by atoms with Crippen LogP contribution < -0.4 is 10.1 Å². The van der Waals surface area contributed by atoms with E-state index in [4.69, 9.17) is 33.0 Å². The van der Waals surface area contributed by atoms with E-state index in [1.807, 2.05) is 30.4 Å². The fraction of sp³-hybridized carbons (Fsp3) is 0.121. The summed E-state index contributed by atoms with van der Waals surface area (Å²) in [6.07, 6.45) is 4.42. The van der Waals surface area contributed by atoms with Crippen LogP contribution in [0.1, 0.15) is 32.9 Å². The molecule has 1 heterocycles. The molecule has 0 unspecified atom stereocenters. The van der Waals surface area contributed by atoms with Crippen molar-refractivity contribution in [1.29, 1.82) is 0 Å². The lowest BCUT2D eigenvalue weighted by molar-refractivity contribution is -0.139. The molecule has 0 bridgehead atoms. The quantitative estimate of drug-likeness (QED) is 0.137. The third-order valence-corrected chi connectivity index (χ3v) is 10.0. The number of nitrogens with one attached hydrogen (secondary N) is 1. The summed E-state index contributed by atoms with van der Waals surface area (Å²) < 4.78 is 31.8. The molecule has 0 aliphatic heterocycles. The van der Waals surface area contributed by atoms with Crippen LogP contribution in [0.4, 0.5) is 5.69 Å². The number of ether oxygens (including phenoxy) is 1. The maximum absolute atomic E-state index is 13.3. The molecule has 0 aliphatic carbocycles. The maximum Gasteiger partial charge on any atom is 0.341 e. The highest BCUT2D eigenvalue weighted by molar-refractivity contribution is 7.91. The number of hydrogen-bond acceptors (Lipinski definition) is 7. The largest absolute Gasteiger partial charge is 0.480 e. The van der Waals surface area contributed by atoms with E-state index >= 15 is 0 Å². The number of thiazole rings is 1. The fourth-order valence-corrected chi connectivity index (χ4v) is 7.08. The minimum Gasteiger partial charge on any atom is -0.480 e. The summed E-state index contributed by atoms with van der Waals surface area (Å²) in [5, 5.41) is 13.7. The highest BCUT2D eigenvalue weighted by atomic mass is 35.5. The zero-order valence-electron chi connectivity index (χ0n) is 23.6. The van der Waals surface area contributed by atoms with E-state index < -0.39 is 28.3 Å². The number of aliphatic carboxylic acids is 1. The number of hydrogen-bond donors (Lipinski definition) is 2. The number of nitrogens with zero attached hydrogens (tertiary/aromatic N) is 1. The first kappa shape index (κ1) is 32.2. The van der Waals surface area contributed by atoms with Crippen LogP contribution in [-0.2, 0) is 21.1 Å². The van der Waals surface area contributed by atoms with Gasteiger partial charge in [0.05, 0.1) is 26.1 Å². The van der Waals surface area contributed by atoms with Crippen molar-refractivity contribution in [3.63, 3.8) is 0 Å². The van der Waals surface area contributed by atoms with Gasteiger partial charge in [0, 0.05) is 10.6 Å². The van der Waals surface area contributed by atoms with E-state index in [1.54, 1.807) is 42.5 Å². The summed E-state index contributed by atoms with van der Waals surface area (Å²) in [5.41, 5.74) is 2.89. The van der Waals surface area contributed by atoms with Crippen LogP contribution in [0.3, 0.4) is 0 Å². The van der Waals surface area contributed by atoms with E-state index in [1.165, 1.54) is 35.6 Å². The van der Waals surface area contributed by atoms with Crippen LogP contribution in [0, 0.1) is 0 Å². The molecule has 1 amide bonds. The van der Waals surface area contributed by atoms with E-state index in [0.717, 1.165) is 26.4 Å². The first-order valence-electron chi connectivity index (χ1n) is 13.7. The first-order chi connectivity index (χ1) is 21.6. The number of para-hydroxylation sites is 1. The van der Waals surface area contributed by atoms with Gasteiger partial charge in [-0.25, -0.2) is 18.2 Å². The summed E-state index contributed by atoms with van der Waals surface area (Å²) in [5.74, 6) is -1.51. The fourth-order valence-electron chi connectivity index (χ4n) is 4.47. The van der Waals surface area contributed by atoms with Crippen LogP contribution in [0.5, 0.6) is 5.75 Å². The van der Waals surface area contributed by atoms with Gasteiger partial charge in [0.15, 0.2) is 16.4 Å². The number of anilines is 1. The Hall–Kier alpha value is -4.22. The molecule has 0 saturated heterocycles. The molecule has 5 rings (SSSR count). The van der Waals surface area contributed by atoms with Gasteiger partial charge >= 0.3 is 5.97 Å². The van der Waals surface area contributed by atoms with E-state index in [-0.39, 0.29) is 22.1 Å². The third-order valence-electron chi connectivity index (χ3n) is 6.65. The van der Waals surface area contributed by atoms with Crippen LogP contribution in [0.2, 0.25) is 10.0 Å². The zero-order valence-corrected chi connectivity index (χ0v) is 26.7. The predicted molar refractivity (Wildman–Crippen MR) is 179 cm³/mol. The number of benzene rings is 4. The number of carboxylic acid groups (broad SMARTS) is 1. The van der Waals surface area contributed by atoms with Gasteiger partial charge in [-0.2, -0.15) is 0 Å². The summed E-state index contributed by atoms with van der Waals surface area (Å²) in [7, 11) is -3.51. The number of aromatic nitrogens is 1. The molecular formula is C33H26Cl2N2O6S2. The highest BCUT2D eigenvalue weighted by Gasteiger charge is 2.16. The van der Waals surface area contributed by atoms with E-state index in [9.17, 15) is 18.0 Å². The third kappa shape index (κ3) is 8.49. The molecule has 0 aliphatic rings. The number of fused-ring (bicyclic) bond motifs is 1. The molecule has 5 aromatic rings. The average Bonchev–Trinajstić information content (AvgIpc) is 3.44. The lowest BCUT2D eigenvalue weighted by Crippen LogP contribution is -2.15. The summed E-state index contributed by atoms with van der Waals surface area (Å²) in [4.78, 5) is 29.2. The van der Waals surface area contributed by atoms with E-state index in [2.05, 4.69) is 10.3 Å². The van der Waals surface area contributed by atoms with Gasteiger partial charge in [-0.1, -0.05) is 53.5 Å². The number of carboxylic acids is 1. The molecule has 8 nitrogen and oxygen atoms in total. The highest BCUT2D eigenvalue weighted by Crippen LogP contribution is 2.30. The van der Waals surface area contributed by atoms with Crippen molar-refractivity contribution in [3.05, 3.63) is 117 Å². The number of carbonyl (C=O) groups is 2. The number of aryl methyl sites for hydroxylation is 1. The first-order valence-corrected chi connectivity index (χ1v) is 16.9. The Labute approximate surface area is 273 Å². The van der Waals surface area contributed by atoms with Crippen molar-refractivity contribution in [2.75, 3.05) is 17.7 Å². The Bertz CT molecular complexity index is 2010. The van der Waals surface area contributed by atoms with Crippen LogP contribution in [0.15, 0.2) is 89.8 Å². The number of halogens is 2. The smallest absolute Gasteiger partial charge is 0.341 e. The van der Waals surface area contributed by atoms with Gasteiger partial charge < -0.3 is 15.2 Å². The molecule has 0 fully saturated rings. The monoisotopic (exact) mass is 680 g/mol. The van der Waals surface area contributed by atoms with Crippen LogP contribution in [0.25, 0.3) is 22.4 Å². The van der Waals surface area contributed by atoms with Crippen molar-refractivity contribution < 1.29 is 27.9 Å². The lowest BCUT2D eigenvalue weighted by Gasteiger charge is -2.14. The van der Waals surface area contributed by atoms with Crippen LogP contribution >= 0.6 is 34.5 Å². The average molecular weight is 682 g/mol. The molecule has 1 aromatic heterocycles. The van der Waals surface area contributed by atoms with E-state index in [0.29, 0.717) is 28.5 Å². The number of rotatable bonds is 12. The van der Waals surface area contributed by atoms with Crippen molar-refractivity contribution in [2.24, 2.45) is 0 Å². The Balaban J connectivity index is 1.30. The normalized spacial score (nSPS) is 11.6. The predicted octanol–water partition coefficient (Wildman–Crippen LogP) is 7.90. The molecule has 0 radical (unpaired) electrons. The van der Waals surface area contributed by atoms with Gasteiger partial charge in [-0.3, -0.25) is 4.79 Å². The molecule has 45 heavy (non-hydrogen) atoms. The minimum atomic E-state index is -3.51. The zero-order chi connectivity index (χ0) is 32.0. The topological polar surface area (TPSA) is 123 Å². The molecule has 2 N–H and O–H groups in total. The Morgan fingerprint density at radius 2 is 1.73 bits per heavy atom. The molecule has 12 heteroatoms. The Morgan fingerprint density at radius 3 is 2.49 bits per heavy atom. The maximum atomic E-state index is 13.3. The second-order valence-electron chi connectivity index (χ2n) is 9.94. The Morgan fingerprint density at radius 1 is 0.956 bits per heavy atom. The van der Waals surface area contributed by atoms with Crippen molar-refractivity contribution in [3.8, 4) is 5.75 Å². The molecule has 0 atom stereocenters. The van der Waals surface area contributed by atoms with Crippen molar-refractivity contribution in [2.45, 2.75) is 17.7 Å². The standard InChI is InChI=1S/C33H26Cl2N2O6S2/c34-24-11-13-25(14-12-24)45(41,42)17-3-5-22-9-15-28(43-20-31(38)39)27(19-22)36-33(40)23-6-1-4-21(18-23)10-16-30-37-32-26(35)7-2-8-29(32)44-30/h1-2,4,6-16,18-19H,3,5,17,20H2,(H,36,40)(H,38,39). The SMILES string of the molecule is O=C(O)COc1ccc(CCCS(=O)(=O)c2ccc(Cl)cc2)cc1NC(=O)c1cccc(C=Cc2nc3c(Cl)cccc3s2)c1. The molecule has 0 spiro atoms. The lowest BCUT2D eigenvalue weighted by atomic mass is 10.1. The van der Waals surface area contributed by atoms with Crippen LogP contribution in [-0.4, -0.2) is 42.7 Å². The number of amides is 1. The van der Waals surface area contributed by atoms with Gasteiger partial charge in [0.1, 0.15) is 16.3 Å². The summed E-state index contributed by atoms with van der Waals surface area (Å²) in [6, 6.07) is 23.5. The molecule has 0 saturated carbocycles. The summed E-state index contributed by atoms with van der Waals surface area (Å²) in [6.45, 7) is -0.598. The van der Waals surface area contributed by atoms with Gasteiger partial charge in [-0.05, 0) is 90.7 Å². The minimum absolute atomic E-state index is 0.0854. The molecule has 4 aromatic carbocycles. The van der Waals surface area contributed by atoms with Crippen molar-refractivity contribution >= 4 is 84.3 Å². The Kier molecular flexibility index (Phi) is 10.2. The second kappa shape index (κ2) is 14.3. The number of sulfone groups is 1. The molecular weight excluding hydrogens is 655 g/mol. The van der Waals surface area contributed by atoms with Gasteiger partial charge in [0.25, 0.3) is 5.91 Å². The second-order valence-corrected chi connectivity index (χ2v) is 14.0. The van der Waals surface area contributed by atoms with Gasteiger partial charge in [-0.15, -0.1) is 11.3 Å². The van der Waals surface area contributed by atoms with Crippen molar-refractivity contribution in [1.82, 2.24) is 4.98 Å².